The molecule has 0 aromatic rings. The molecule has 2 heteroatoms. The lowest BCUT2D eigenvalue weighted by atomic mass is 10.0. The molecule has 0 bridgehead atoms. The summed E-state index contributed by atoms with van der Waals surface area (Å²) in [6, 6.07) is 0.738. The van der Waals surface area contributed by atoms with Crippen LogP contribution in [0.4, 0.5) is 0 Å². The van der Waals surface area contributed by atoms with Crippen LogP contribution in [0.25, 0.3) is 0 Å². The molecular weight excluding hydrogens is 184 g/mol. The second-order valence-corrected chi connectivity index (χ2v) is 4.53. The summed E-state index contributed by atoms with van der Waals surface area (Å²) >= 11 is 0. The molecule has 0 radical (unpaired) electrons. The SMILES string of the molecule is C=C(CC)CN1CCCCC1CNCC. The largest absolute Gasteiger partial charge is 0.315 e. The molecule has 0 aromatic heterocycles. The topological polar surface area (TPSA) is 15.3 Å². The molecule has 0 amide bonds. The zero-order chi connectivity index (χ0) is 11.1. The van der Waals surface area contributed by atoms with E-state index in [9.17, 15) is 0 Å². The van der Waals surface area contributed by atoms with E-state index >= 15 is 0 Å². The van der Waals surface area contributed by atoms with Gasteiger partial charge in [-0.1, -0.05) is 32.4 Å². The number of rotatable bonds is 6. The highest BCUT2D eigenvalue weighted by Crippen LogP contribution is 2.18. The fourth-order valence-corrected chi connectivity index (χ4v) is 2.21. The molecule has 1 fully saturated rings. The minimum absolute atomic E-state index is 0.738. The average molecular weight is 210 g/mol. The van der Waals surface area contributed by atoms with Crippen LogP contribution in [0.5, 0.6) is 0 Å². The average Bonchev–Trinajstić information content (AvgIpc) is 2.28. The van der Waals surface area contributed by atoms with Crippen LogP contribution >= 0.6 is 0 Å². The summed E-state index contributed by atoms with van der Waals surface area (Å²) in [5.74, 6) is 0. The predicted octanol–water partition coefficient (Wildman–Crippen LogP) is 2.42. The third-order valence-electron chi connectivity index (χ3n) is 3.31. The van der Waals surface area contributed by atoms with E-state index in [1.165, 1.54) is 31.4 Å². The van der Waals surface area contributed by atoms with Crippen molar-refractivity contribution in [1.82, 2.24) is 10.2 Å². The number of piperidine rings is 1. The van der Waals surface area contributed by atoms with E-state index in [1.807, 2.05) is 0 Å². The lowest BCUT2D eigenvalue weighted by molar-refractivity contribution is 0.158. The Hall–Kier alpha value is -0.340. The predicted molar refractivity (Wildman–Crippen MR) is 67.2 cm³/mol. The van der Waals surface area contributed by atoms with Crippen LogP contribution in [0.1, 0.15) is 39.5 Å². The first-order valence-electron chi connectivity index (χ1n) is 6.39. The molecule has 1 heterocycles. The van der Waals surface area contributed by atoms with Gasteiger partial charge in [0.25, 0.3) is 0 Å². The standard InChI is InChI=1S/C13H26N2/c1-4-12(3)11-15-9-7-6-8-13(15)10-14-5-2/h13-14H,3-11H2,1-2H3. The number of likely N-dealkylation sites (N-methyl/N-ethyl adjacent to an activating group) is 1. The summed E-state index contributed by atoms with van der Waals surface area (Å²) in [7, 11) is 0. The first-order valence-corrected chi connectivity index (χ1v) is 6.39. The smallest absolute Gasteiger partial charge is 0.0224 e. The van der Waals surface area contributed by atoms with Gasteiger partial charge in [0.05, 0.1) is 0 Å². The molecule has 1 atom stereocenters. The lowest BCUT2D eigenvalue weighted by Crippen LogP contribution is -2.46. The fourth-order valence-electron chi connectivity index (χ4n) is 2.21. The van der Waals surface area contributed by atoms with Crippen molar-refractivity contribution < 1.29 is 0 Å². The van der Waals surface area contributed by atoms with Crippen molar-refractivity contribution in [3.8, 4) is 0 Å². The Labute approximate surface area is 94.7 Å². The first kappa shape index (κ1) is 12.7. The van der Waals surface area contributed by atoms with Gasteiger partial charge >= 0.3 is 0 Å². The summed E-state index contributed by atoms with van der Waals surface area (Å²) < 4.78 is 0. The van der Waals surface area contributed by atoms with Crippen molar-refractivity contribution in [3.63, 3.8) is 0 Å². The minimum atomic E-state index is 0.738. The fraction of sp³-hybridized carbons (Fsp3) is 0.846. The Morgan fingerprint density at radius 1 is 1.40 bits per heavy atom. The zero-order valence-electron chi connectivity index (χ0n) is 10.4. The Balaban J connectivity index is 2.38. The van der Waals surface area contributed by atoms with E-state index in [4.69, 9.17) is 0 Å². The van der Waals surface area contributed by atoms with Crippen LogP contribution in [0, 0.1) is 0 Å². The van der Waals surface area contributed by atoms with Gasteiger partial charge < -0.3 is 5.32 Å². The van der Waals surface area contributed by atoms with Crippen molar-refractivity contribution in [2.45, 2.75) is 45.6 Å². The Morgan fingerprint density at radius 2 is 2.20 bits per heavy atom. The second-order valence-electron chi connectivity index (χ2n) is 4.53. The van der Waals surface area contributed by atoms with Gasteiger partial charge in [-0.15, -0.1) is 0 Å². The van der Waals surface area contributed by atoms with Crippen molar-refractivity contribution >= 4 is 0 Å². The van der Waals surface area contributed by atoms with Gasteiger partial charge in [-0.3, -0.25) is 4.90 Å². The lowest BCUT2D eigenvalue weighted by Gasteiger charge is -2.36. The van der Waals surface area contributed by atoms with Crippen molar-refractivity contribution in [1.29, 1.82) is 0 Å². The summed E-state index contributed by atoms with van der Waals surface area (Å²) in [6.45, 7) is 13.1. The van der Waals surface area contributed by atoms with Crippen LogP contribution < -0.4 is 5.32 Å². The van der Waals surface area contributed by atoms with Gasteiger partial charge in [-0.05, 0) is 32.4 Å². The highest BCUT2D eigenvalue weighted by molar-refractivity contribution is 4.98. The molecule has 1 saturated heterocycles. The third-order valence-corrected chi connectivity index (χ3v) is 3.31. The summed E-state index contributed by atoms with van der Waals surface area (Å²) in [5, 5.41) is 3.47. The molecular formula is C13H26N2. The minimum Gasteiger partial charge on any atom is -0.315 e. The number of nitrogens with one attached hydrogen (secondary N) is 1. The van der Waals surface area contributed by atoms with E-state index in [-0.39, 0.29) is 0 Å². The van der Waals surface area contributed by atoms with E-state index < -0.39 is 0 Å². The van der Waals surface area contributed by atoms with Crippen LogP contribution in [0.3, 0.4) is 0 Å². The molecule has 0 saturated carbocycles. The van der Waals surface area contributed by atoms with Gasteiger partial charge in [0.15, 0.2) is 0 Å². The molecule has 0 spiro atoms. The zero-order valence-corrected chi connectivity index (χ0v) is 10.4. The molecule has 2 nitrogen and oxygen atoms in total. The number of hydrogen-bond donors (Lipinski definition) is 1. The van der Waals surface area contributed by atoms with E-state index in [2.05, 4.69) is 30.6 Å². The third kappa shape index (κ3) is 4.35. The summed E-state index contributed by atoms with van der Waals surface area (Å²) in [6.07, 6.45) is 5.22. The normalized spacial score (nSPS) is 22.9. The van der Waals surface area contributed by atoms with Gasteiger partial charge in [-0.25, -0.2) is 0 Å². The molecule has 88 valence electrons. The maximum atomic E-state index is 4.12. The molecule has 1 aliphatic rings. The van der Waals surface area contributed by atoms with Crippen LogP contribution in [0.2, 0.25) is 0 Å². The second kappa shape index (κ2) is 7.02. The number of hydrogen-bond acceptors (Lipinski definition) is 2. The van der Waals surface area contributed by atoms with Crippen molar-refractivity contribution in [3.05, 3.63) is 12.2 Å². The van der Waals surface area contributed by atoms with E-state index in [0.29, 0.717) is 0 Å². The highest BCUT2D eigenvalue weighted by Gasteiger charge is 2.21. The maximum Gasteiger partial charge on any atom is 0.0224 e. The van der Waals surface area contributed by atoms with Crippen molar-refractivity contribution in [2.75, 3.05) is 26.2 Å². The Bertz CT molecular complexity index is 189. The van der Waals surface area contributed by atoms with Gasteiger partial charge in [0, 0.05) is 19.1 Å². The van der Waals surface area contributed by atoms with Crippen molar-refractivity contribution in [2.24, 2.45) is 0 Å². The van der Waals surface area contributed by atoms with Gasteiger partial charge in [0.2, 0.25) is 0 Å². The van der Waals surface area contributed by atoms with Crippen LogP contribution in [0.15, 0.2) is 12.2 Å². The van der Waals surface area contributed by atoms with E-state index in [1.54, 1.807) is 0 Å². The Kier molecular flexibility index (Phi) is 5.96. The Morgan fingerprint density at radius 3 is 2.87 bits per heavy atom. The highest BCUT2D eigenvalue weighted by atomic mass is 15.2. The maximum absolute atomic E-state index is 4.12. The van der Waals surface area contributed by atoms with Crippen LogP contribution in [-0.2, 0) is 0 Å². The monoisotopic (exact) mass is 210 g/mol. The van der Waals surface area contributed by atoms with Crippen LogP contribution in [-0.4, -0.2) is 37.1 Å². The summed E-state index contributed by atoms with van der Waals surface area (Å²) in [4.78, 5) is 2.61. The summed E-state index contributed by atoms with van der Waals surface area (Å²) in [5.41, 5.74) is 1.37. The van der Waals surface area contributed by atoms with Gasteiger partial charge in [-0.2, -0.15) is 0 Å². The molecule has 1 N–H and O–H groups in total. The first-order chi connectivity index (χ1) is 7.27. The molecule has 0 aliphatic carbocycles. The van der Waals surface area contributed by atoms with Gasteiger partial charge in [0.1, 0.15) is 0 Å². The molecule has 1 rings (SSSR count). The molecule has 15 heavy (non-hydrogen) atoms. The molecule has 0 aromatic carbocycles. The number of nitrogens with zero attached hydrogens (tertiary/aromatic N) is 1. The molecule has 1 aliphatic heterocycles. The molecule has 1 unspecified atom stereocenters. The number of likely N-dealkylation sites (tertiary alicyclic amines) is 1. The van der Waals surface area contributed by atoms with E-state index in [0.717, 1.165) is 32.1 Å². The quantitative estimate of drug-likeness (QED) is 0.677.